The Hall–Kier alpha value is -1.89. The SMILES string of the molecule is O=C(O)CCCNC(=O)NCC(F)(F)c1ccc(Cl)cc1. The number of urea groups is 1. The second-order valence-corrected chi connectivity index (χ2v) is 4.75. The smallest absolute Gasteiger partial charge is 0.315 e. The van der Waals surface area contributed by atoms with E-state index in [0.29, 0.717) is 5.02 Å². The summed E-state index contributed by atoms with van der Waals surface area (Å²) in [6.45, 7) is -0.760. The molecule has 0 saturated heterocycles. The number of carboxylic acid groups (broad SMARTS) is 1. The van der Waals surface area contributed by atoms with Crippen molar-refractivity contribution in [2.75, 3.05) is 13.1 Å². The molecule has 0 aliphatic carbocycles. The van der Waals surface area contributed by atoms with Crippen LogP contribution >= 0.6 is 11.6 Å². The number of carbonyl (C=O) groups excluding carboxylic acids is 1. The van der Waals surface area contributed by atoms with Gasteiger partial charge in [0.15, 0.2) is 0 Å². The Kier molecular flexibility index (Phi) is 6.36. The largest absolute Gasteiger partial charge is 0.481 e. The number of hydrogen-bond acceptors (Lipinski definition) is 2. The van der Waals surface area contributed by atoms with Crippen molar-refractivity contribution < 1.29 is 23.5 Å². The predicted molar refractivity (Wildman–Crippen MR) is 73.6 cm³/mol. The van der Waals surface area contributed by atoms with Gasteiger partial charge >= 0.3 is 12.0 Å². The summed E-state index contributed by atoms with van der Waals surface area (Å²) in [4.78, 5) is 21.5. The molecule has 0 heterocycles. The van der Waals surface area contributed by atoms with Crippen molar-refractivity contribution in [3.8, 4) is 0 Å². The van der Waals surface area contributed by atoms with Crippen molar-refractivity contribution in [3.63, 3.8) is 0 Å². The second-order valence-electron chi connectivity index (χ2n) is 4.32. The van der Waals surface area contributed by atoms with E-state index in [0.717, 1.165) is 0 Å². The Labute approximate surface area is 125 Å². The van der Waals surface area contributed by atoms with E-state index >= 15 is 0 Å². The maximum Gasteiger partial charge on any atom is 0.315 e. The first-order valence-corrected chi connectivity index (χ1v) is 6.56. The lowest BCUT2D eigenvalue weighted by molar-refractivity contribution is -0.137. The quantitative estimate of drug-likeness (QED) is 0.676. The van der Waals surface area contributed by atoms with Gasteiger partial charge < -0.3 is 15.7 Å². The molecule has 1 aromatic rings. The van der Waals surface area contributed by atoms with Gasteiger partial charge in [-0.1, -0.05) is 23.7 Å². The predicted octanol–water partition coefficient (Wildman–Crippen LogP) is 2.60. The molecule has 3 N–H and O–H groups in total. The fraction of sp³-hybridized carbons (Fsp3) is 0.385. The van der Waals surface area contributed by atoms with Crippen LogP contribution < -0.4 is 10.6 Å². The van der Waals surface area contributed by atoms with Gasteiger partial charge in [-0.2, -0.15) is 8.78 Å². The molecule has 0 radical (unpaired) electrons. The summed E-state index contributed by atoms with van der Waals surface area (Å²) in [7, 11) is 0. The van der Waals surface area contributed by atoms with Crippen LogP contribution in [0, 0.1) is 0 Å². The van der Waals surface area contributed by atoms with E-state index in [-0.39, 0.29) is 24.9 Å². The average Bonchev–Trinajstić information content (AvgIpc) is 2.42. The minimum atomic E-state index is -3.22. The van der Waals surface area contributed by atoms with E-state index in [1.807, 2.05) is 5.32 Å². The fourth-order valence-electron chi connectivity index (χ4n) is 1.49. The summed E-state index contributed by atoms with van der Waals surface area (Å²) < 4.78 is 27.6. The van der Waals surface area contributed by atoms with Gasteiger partial charge in [-0.25, -0.2) is 4.79 Å². The first-order valence-electron chi connectivity index (χ1n) is 6.18. The minimum absolute atomic E-state index is 0.0960. The highest BCUT2D eigenvalue weighted by molar-refractivity contribution is 6.30. The number of nitrogens with one attached hydrogen (secondary N) is 2. The topological polar surface area (TPSA) is 78.4 Å². The maximum atomic E-state index is 13.8. The maximum absolute atomic E-state index is 13.8. The number of amides is 2. The summed E-state index contributed by atoms with van der Waals surface area (Å²) in [6, 6.07) is 4.30. The number of halogens is 3. The number of rotatable bonds is 7. The normalized spacial score (nSPS) is 11.0. The lowest BCUT2D eigenvalue weighted by atomic mass is 10.1. The highest BCUT2D eigenvalue weighted by Crippen LogP contribution is 2.27. The van der Waals surface area contributed by atoms with Crippen LogP contribution in [0.1, 0.15) is 18.4 Å². The molecule has 0 aliphatic heterocycles. The number of benzene rings is 1. The van der Waals surface area contributed by atoms with Gasteiger partial charge in [0, 0.05) is 23.6 Å². The molecule has 0 aliphatic rings. The van der Waals surface area contributed by atoms with Gasteiger partial charge in [-0.3, -0.25) is 4.79 Å². The van der Waals surface area contributed by atoms with Crippen molar-refractivity contribution >= 4 is 23.6 Å². The van der Waals surface area contributed by atoms with Gasteiger partial charge in [0.2, 0.25) is 0 Å². The Morgan fingerprint density at radius 3 is 2.38 bits per heavy atom. The van der Waals surface area contributed by atoms with Gasteiger partial charge in [0.1, 0.15) is 0 Å². The van der Waals surface area contributed by atoms with Gasteiger partial charge in [0.05, 0.1) is 6.54 Å². The van der Waals surface area contributed by atoms with Crippen LogP contribution in [0.5, 0.6) is 0 Å². The molecule has 0 aromatic heterocycles. The lowest BCUT2D eigenvalue weighted by Gasteiger charge is -2.17. The second kappa shape index (κ2) is 7.78. The molecule has 0 spiro atoms. The molecule has 0 atom stereocenters. The van der Waals surface area contributed by atoms with E-state index in [9.17, 15) is 18.4 Å². The third-order valence-electron chi connectivity index (χ3n) is 2.59. The Bertz CT molecular complexity index is 495. The van der Waals surface area contributed by atoms with Crippen molar-refractivity contribution in [2.24, 2.45) is 0 Å². The van der Waals surface area contributed by atoms with Crippen LogP contribution in [0.15, 0.2) is 24.3 Å². The van der Waals surface area contributed by atoms with E-state index in [2.05, 4.69) is 5.32 Å². The van der Waals surface area contributed by atoms with Crippen molar-refractivity contribution in [2.45, 2.75) is 18.8 Å². The molecule has 0 saturated carbocycles. The molecule has 21 heavy (non-hydrogen) atoms. The van der Waals surface area contributed by atoms with Crippen LogP contribution in [0.2, 0.25) is 5.02 Å². The molecule has 0 bridgehead atoms. The summed E-state index contributed by atoms with van der Waals surface area (Å²) in [5.41, 5.74) is -0.252. The molecule has 5 nitrogen and oxygen atoms in total. The van der Waals surface area contributed by atoms with Gasteiger partial charge in [-0.15, -0.1) is 0 Å². The molecule has 0 unspecified atom stereocenters. The van der Waals surface area contributed by atoms with Crippen LogP contribution in [0.3, 0.4) is 0 Å². The van der Waals surface area contributed by atoms with Crippen molar-refractivity contribution in [3.05, 3.63) is 34.9 Å². The Morgan fingerprint density at radius 1 is 1.19 bits per heavy atom. The van der Waals surface area contributed by atoms with Crippen molar-refractivity contribution in [1.29, 1.82) is 0 Å². The van der Waals surface area contributed by atoms with Crippen LogP contribution in [0.25, 0.3) is 0 Å². The Morgan fingerprint density at radius 2 is 1.81 bits per heavy atom. The number of aliphatic carboxylic acids is 1. The van der Waals surface area contributed by atoms with E-state index in [1.54, 1.807) is 0 Å². The molecule has 1 aromatic carbocycles. The molecular formula is C13H15ClF2N2O3. The molecule has 0 fully saturated rings. The Balaban J connectivity index is 2.37. The summed E-state index contributed by atoms with van der Waals surface area (Å²) in [5.74, 6) is -4.20. The highest BCUT2D eigenvalue weighted by atomic mass is 35.5. The van der Waals surface area contributed by atoms with Crippen LogP contribution in [-0.4, -0.2) is 30.2 Å². The van der Waals surface area contributed by atoms with Crippen LogP contribution in [-0.2, 0) is 10.7 Å². The number of hydrogen-bond donors (Lipinski definition) is 3. The fourth-order valence-corrected chi connectivity index (χ4v) is 1.62. The van der Waals surface area contributed by atoms with Crippen LogP contribution in [0.4, 0.5) is 13.6 Å². The van der Waals surface area contributed by atoms with Crippen molar-refractivity contribution in [1.82, 2.24) is 10.6 Å². The zero-order chi connectivity index (χ0) is 15.9. The average molecular weight is 321 g/mol. The lowest BCUT2D eigenvalue weighted by Crippen LogP contribution is -2.41. The zero-order valence-corrected chi connectivity index (χ0v) is 11.8. The number of carbonyl (C=O) groups is 2. The molecule has 1 rings (SSSR count). The third kappa shape index (κ3) is 6.40. The first kappa shape index (κ1) is 17.2. The van der Waals surface area contributed by atoms with Gasteiger partial charge in [0.25, 0.3) is 5.92 Å². The zero-order valence-electron chi connectivity index (χ0n) is 11.0. The van der Waals surface area contributed by atoms with E-state index < -0.39 is 24.5 Å². The van der Waals surface area contributed by atoms with E-state index in [4.69, 9.17) is 16.7 Å². The minimum Gasteiger partial charge on any atom is -0.481 e. The number of alkyl halides is 2. The molecule has 2 amide bonds. The molecule has 116 valence electrons. The first-order chi connectivity index (χ1) is 9.81. The highest BCUT2D eigenvalue weighted by Gasteiger charge is 2.31. The molecule has 8 heteroatoms. The summed E-state index contributed by atoms with van der Waals surface area (Å²) in [5, 5.41) is 13.1. The summed E-state index contributed by atoms with van der Waals surface area (Å²) in [6.07, 6.45) is 0.136. The third-order valence-corrected chi connectivity index (χ3v) is 2.84. The summed E-state index contributed by atoms with van der Waals surface area (Å²) >= 11 is 5.62. The monoisotopic (exact) mass is 320 g/mol. The standard InChI is InChI=1S/C13H15ClF2N2O3/c14-10-5-3-9(4-6-10)13(15,16)8-18-12(21)17-7-1-2-11(19)20/h3-6H,1-2,7-8H2,(H,19,20)(H2,17,18,21). The molecular weight excluding hydrogens is 306 g/mol. The van der Waals surface area contributed by atoms with E-state index in [1.165, 1.54) is 24.3 Å². The number of carboxylic acids is 1. The van der Waals surface area contributed by atoms with Gasteiger partial charge in [-0.05, 0) is 18.6 Å².